The summed E-state index contributed by atoms with van der Waals surface area (Å²) in [5, 5.41) is 8.47. The molecule has 3 nitrogen and oxygen atoms in total. The zero-order valence-electron chi connectivity index (χ0n) is 5.72. The number of carboxylic acids is 1. The molecule has 1 aliphatic carbocycles. The maximum atomic E-state index is 11.6. The second kappa shape index (κ2) is 2.73. The predicted molar refractivity (Wildman–Crippen MR) is 31.3 cm³/mol. The Balaban J connectivity index is 2.54. The minimum atomic E-state index is -2.99. The van der Waals surface area contributed by atoms with Crippen molar-refractivity contribution in [3.05, 3.63) is 0 Å². The molecule has 0 atom stereocenters. The molecule has 1 aliphatic rings. The van der Waals surface area contributed by atoms with E-state index in [0.29, 0.717) is 6.42 Å². The summed E-state index contributed by atoms with van der Waals surface area (Å²) in [5.41, 5.74) is -1.59. The Morgan fingerprint density at radius 1 is 1.55 bits per heavy atom. The van der Waals surface area contributed by atoms with Crippen molar-refractivity contribution in [1.29, 1.82) is 0 Å². The molecule has 1 N–H and O–H groups in total. The van der Waals surface area contributed by atoms with Crippen LogP contribution in [0.2, 0.25) is 0 Å². The summed E-state index contributed by atoms with van der Waals surface area (Å²) in [6.45, 7) is -2.99. The Kier molecular flexibility index (Phi) is 2.08. The summed E-state index contributed by atoms with van der Waals surface area (Å²) in [4.78, 5) is 10.4. The van der Waals surface area contributed by atoms with Crippen LogP contribution in [0, 0.1) is 0 Å². The van der Waals surface area contributed by atoms with E-state index in [-0.39, 0.29) is 12.8 Å². The number of halogens is 2. The molecule has 1 rings (SSSR count). The third-order valence-corrected chi connectivity index (χ3v) is 1.87. The van der Waals surface area contributed by atoms with E-state index in [9.17, 15) is 13.6 Å². The van der Waals surface area contributed by atoms with Crippen molar-refractivity contribution in [2.75, 3.05) is 0 Å². The average Bonchev–Trinajstić information content (AvgIpc) is 1.77. The number of hydrogen-bond donors (Lipinski definition) is 1. The molecule has 1 fully saturated rings. The lowest BCUT2D eigenvalue weighted by Gasteiger charge is -2.36. The summed E-state index contributed by atoms with van der Waals surface area (Å²) in [7, 11) is 0. The Morgan fingerprint density at radius 2 is 2.09 bits per heavy atom. The highest BCUT2D eigenvalue weighted by Gasteiger charge is 2.47. The molecule has 5 heteroatoms. The highest BCUT2D eigenvalue weighted by Crippen LogP contribution is 2.37. The Hall–Kier alpha value is -0.710. The predicted octanol–water partition coefficient (Wildman–Crippen LogP) is 1.23. The summed E-state index contributed by atoms with van der Waals surface area (Å²) < 4.78 is 27.3. The van der Waals surface area contributed by atoms with Gasteiger partial charge in [0.15, 0.2) is 5.60 Å². The summed E-state index contributed by atoms with van der Waals surface area (Å²) in [6, 6.07) is 0. The minimum Gasteiger partial charge on any atom is -0.479 e. The number of carbonyl (C=O) groups is 1. The van der Waals surface area contributed by atoms with Gasteiger partial charge in [-0.15, -0.1) is 0 Å². The molecule has 0 unspecified atom stereocenters. The molecule has 1 saturated carbocycles. The highest BCUT2D eigenvalue weighted by molar-refractivity contribution is 5.78. The molecular weight excluding hydrogens is 158 g/mol. The standard InChI is InChI=1S/C6H8F2O3/c7-5(8)11-6(4(9)10)2-1-3-6/h5H,1-3H2,(H,9,10). The van der Waals surface area contributed by atoms with Crippen LogP contribution in [0.1, 0.15) is 19.3 Å². The molecule has 0 saturated heterocycles. The van der Waals surface area contributed by atoms with Gasteiger partial charge in [-0.1, -0.05) is 0 Å². The van der Waals surface area contributed by atoms with E-state index < -0.39 is 18.2 Å². The monoisotopic (exact) mass is 166 g/mol. The van der Waals surface area contributed by atoms with Gasteiger partial charge in [-0.25, -0.2) is 4.79 Å². The van der Waals surface area contributed by atoms with Gasteiger partial charge in [-0.3, -0.25) is 0 Å². The van der Waals surface area contributed by atoms with Crippen molar-refractivity contribution in [3.8, 4) is 0 Å². The SMILES string of the molecule is O=C(O)C1(OC(F)F)CCC1. The summed E-state index contributed by atoms with van der Waals surface area (Å²) >= 11 is 0. The fraction of sp³-hybridized carbons (Fsp3) is 0.833. The van der Waals surface area contributed by atoms with E-state index in [1.54, 1.807) is 0 Å². The first-order chi connectivity index (χ1) is 5.07. The summed E-state index contributed by atoms with van der Waals surface area (Å²) in [5.74, 6) is -1.29. The lowest BCUT2D eigenvalue weighted by Crippen LogP contribution is -2.48. The Labute approximate surface area is 62.0 Å². The van der Waals surface area contributed by atoms with Crippen LogP contribution < -0.4 is 0 Å². The molecule has 0 radical (unpaired) electrons. The molecule has 0 aromatic carbocycles. The minimum absolute atomic E-state index is 0.187. The van der Waals surface area contributed by atoms with Gasteiger partial charge < -0.3 is 9.84 Å². The number of ether oxygens (including phenoxy) is 1. The molecule has 0 aliphatic heterocycles. The van der Waals surface area contributed by atoms with Crippen molar-refractivity contribution in [3.63, 3.8) is 0 Å². The second-order valence-electron chi connectivity index (χ2n) is 2.53. The van der Waals surface area contributed by atoms with Gasteiger partial charge in [-0.05, 0) is 19.3 Å². The van der Waals surface area contributed by atoms with Gasteiger partial charge in [0.05, 0.1) is 0 Å². The molecule has 0 heterocycles. The molecule has 64 valence electrons. The van der Waals surface area contributed by atoms with Crippen LogP contribution in [0.5, 0.6) is 0 Å². The van der Waals surface area contributed by atoms with Crippen molar-refractivity contribution in [2.45, 2.75) is 31.5 Å². The fourth-order valence-electron chi connectivity index (χ4n) is 1.05. The normalized spacial score (nSPS) is 21.4. The third-order valence-electron chi connectivity index (χ3n) is 1.87. The molecule has 11 heavy (non-hydrogen) atoms. The van der Waals surface area contributed by atoms with Gasteiger partial charge in [0.1, 0.15) is 0 Å². The van der Waals surface area contributed by atoms with Crippen molar-refractivity contribution in [2.24, 2.45) is 0 Å². The zero-order chi connectivity index (χ0) is 8.48. The highest BCUT2D eigenvalue weighted by atomic mass is 19.3. The van der Waals surface area contributed by atoms with E-state index in [4.69, 9.17) is 5.11 Å². The van der Waals surface area contributed by atoms with Crippen LogP contribution >= 0.6 is 0 Å². The first-order valence-electron chi connectivity index (χ1n) is 3.26. The van der Waals surface area contributed by atoms with Gasteiger partial charge in [0, 0.05) is 0 Å². The van der Waals surface area contributed by atoms with Gasteiger partial charge in [-0.2, -0.15) is 8.78 Å². The van der Waals surface area contributed by atoms with Crippen LogP contribution in [0.4, 0.5) is 8.78 Å². The van der Waals surface area contributed by atoms with E-state index in [1.165, 1.54) is 0 Å². The van der Waals surface area contributed by atoms with Crippen molar-refractivity contribution >= 4 is 5.97 Å². The number of aliphatic carboxylic acids is 1. The number of carboxylic acid groups (broad SMARTS) is 1. The topological polar surface area (TPSA) is 46.5 Å². The number of rotatable bonds is 3. The third kappa shape index (κ3) is 1.48. The lowest BCUT2D eigenvalue weighted by molar-refractivity contribution is -0.240. The first kappa shape index (κ1) is 8.39. The molecular formula is C6H8F2O3. The van der Waals surface area contributed by atoms with E-state index in [1.807, 2.05) is 0 Å². The average molecular weight is 166 g/mol. The van der Waals surface area contributed by atoms with Crippen LogP contribution in [-0.2, 0) is 9.53 Å². The smallest absolute Gasteiger partial charge is 0.346 e. The molecule has 0 aromatic heterocycles. The number of hydrogen-bond acceptors (Lipinski definition) is 2. The second-order valence-corrected chi connectivity index (χ2v) is 2.53. The van der Waals surface area contributed by atoms with Gasteiger partial charge in [0.25, 0.3) is 0 Å². The van der Waals surface area contributed by atoms with Crippen molar-refractivity contribution in [1.82, 2.24) is 0 Å². The van der Waals surface area contributed by atoms with Gasteiger partial charge >= 0.3 is 12.6 Å². The zero-order valence-corrected chi connectivity index (χ0v) is 5.72. The molecule has 0 bridgehead atoms. The van der Waals surface area contributed by atoms with E-state index >= 15 is 0 Å². The Bertz CT molecular complexity index is 165. The molecule has 0 aromatic rings. The fourth-order valence-corrected chi connectivity index (χ4v) is 1.05. The number of alkyl halides is 2. The van der Waals surface area contributed by atoms with Crippen LogP contribution in [0.25, 0.3) is 0 Å². The van der Waals surface area contributed by atoms with Crippen molar-refractivity contribution < 1.29 is 23.4 Å². The first-order valence-corrected chi connectivity index (χ1v) is 3.26. The maximum Gasteiger partial charge on any atom is 0.346 e. The van der Waals surface area contributed by atoms with Crippen LogP contribution in [0.3, 0.4) is 0 Å². The Morgan fingerprint density at radius 3 is 2.18 bits per heavy atom. The van der Waals surface area contributed by atoms with E-state index in [0.717, 1.165) is 0 Å². The quantitative estimate of drug-likeness (QED) is 0.685. The molecule has 0 amide bonds. The van der Waals surface area contributed by atoms with E-state index in [2.05, 4.69) is 4.74 Å². The largest absolute Gasteiger partial charge is 0.479 e. The van der Waals surface area contributed by atoms with Crippen LogP contribution in [0.15, 0.2) is 0 Å². The van der Waals surface area contributed by atoms with Crippen LogP contribution in [-0.4, -0.2) is 23.3 Å². The van der Waals surface area contributed by atoms with Gasteiger partial charge in [0.2, 0.25) is 0 Å². The maximum absolute atomic E-state index is 11.6. The lowest BCUT2D eigenvalue weighted by atomic mass is 9.80. The summed E-state index contributed by atoms with van der Waals surface area (Å²) in [6.07, 6.45) is 1.01. The molecule has 0 spiro atoms.